The largest absolute Gasteiger partial charge is 0.481 e. The number of nitrogens with zero attached hydrogens (tertiary/aromatic N) is 3. The molecule has 0 amide bonds. The molecule has 1 N–H and O–H groups in total. The van der Waals surface area contributed by atoms with Crippen molar-refractivity contribution in [2.24, 2.45) is 0 Å². The van der Waals surface area contributed by atoms with E-state index >= 15 is 0 Å². The minimum atomic E-state index is -0.738. The zero-order valence-electron chi connectivity index (χ0n) is 12.0. The van der Waals surface area contributed by atoms with E-state index in [2.05, 4.69) is 14.9 Å². The first-order valence-corrected chi connectivity index (χ1v) is 8.11. The van der Waals surface area contributed by atoms with Crippen LogP contribution < -0.4 is 4.90 Å². The Bertz CT molecular complexity index is 475. The van der Waals surface area contributed by atoms with E-state index in [9.17, 15) is 9.90 Å². The van der Waals surface area contributed by atoms with Crippen LogP contribution in [0.4, 0.5) is 5.82 Å². The summed E-state index contributed by atoms with van der Waals surface area (Å²) in [5.41, 5.74) is -0.311. The third kappa shape index (κ3) is 3.23. The van der Waals surface area contributed by atoms with Crippen molar-refractivity contribution < 1.29 is 9.90 Å². The lowest BCUT2D eigenvalue weighted by atomic mass is 9.78. The molecule has 1 aromatic rings. The van der Waals surface area contributed by atoms with E-state index in [0.717, 1.165) is 36.5 Å². The van der Waals surface area contributed by atoms with Crippen LogP contribution in [0.3, 0.4) is 0 Å². The summed E-state index contributed by atoms with van der Waals surface area (Å²) in [4.78, 5) is 21.8. The van der Waals surface area contributed by atoms with Gasteiger partial charge in [-0.3, -0.25) is 4.79 Å². The molecule has 110 valence electrons. The summed E-state index contributed by atoms with van der Waals surface area (Å²) < 4.78 is 0. The molecule has 2 rings (SSSR count). The monoisotopic (exact) mass is 295 g/mol. The summed E-state index contributed by atoms with van der Waals surface area (Å²) in [6.07, 6.45) is 8.87. The summed E-state index contributed by atoms with van der Waals surface area (Å²) >= 11 is 1.57. The van der Waals surface area contributed by atoms with Gasteiger partial charge >= 0.3 is 5.97 Å². The zero-order valence-corrected chi connectivity index (χ0v) is 12.8. The number of aliphatic carboxylic acids is 1. The van der Waals surface area contributed by atoms with E-state index in [0.29, 0.717) is 0 Å². The van der Waals surface area contributed by atoms with Crippen LogP contribution in [-0.4, -0.2) is 39.9 Å². The first-order valence-electron chi connectivity index (χ1n) is 6.89. The van der Waals surface area contributed by atoms with Crippen molar-refractivity contribution in [3.63, 3.8) is 0 Å². The number of aromatic nitrogens is 2. The summed E-state index contributed by atoms with van der Waals surface area (Å²) in [6.45, 7) is 0. The van der Waals surface area contributed by atoms with Gasteiger partial charge in [0.15, 0.2) is 0 Å². The van der Waals surface area contributed by atoms with Gasteiger partial charge in [-0.05, 0) is 19.1 Å². The van der Waals surface area contributed by atoms with Gasteiger partial charge in [-0.1, -0.05) is 19.3 Å². The van der Waals surface area contributed by atoms with Gasteiger partial charge in [0.1, 0.15) is 17.2 Å². The van der Waals surface area contributed by atoms with Crippen LogP contribution >= 0.6 is 11.8 Å². The number of hydrogen-bond acceptors (Lipinski definition) is 5. The molecule has 1 heterocycles. The summed E-state index contributed by atoms with van der Waals surface area (Å²) in [6, 6.07) is 1.93. The fourth-order valence-electron chi connectivity index (χ4n) is 2.99. The summed E-state index contributed by atoms with van der Waals surface area (Å²) in [7, 11) is 1.96. The molecule has 0 atom stereocenters. The van der Waals surface area contributed by atoms with Crippen LogP contribution in [0.5, 0.6) is 0 Å². The van der Waals surface area contributed by atoms with Gasteiger partial charge in [-0.2, -0.15) is 0 Å². The first kappa shape index (κ1) is 15.1. The Hall–Kier alpha value is -1.30. The topological polar surface area (TPSA) is 66.3 Å². The second kappa shape index (κ2) is 6.43. The second-order valence-electron chi connectivity index (χ2n) is 5.33. The molecule has 0 spiro atoms. The molecule has 1 fully saturated rings. The molecule has 1 saturated carbocycles. The zero-order chi connectivity index (χ0) is 14.6. The highest BCUT2D eigenvalue weighted by Crippen LogP contribution is 2.38. The highest BCUT2D eigenvalue weighted by Gasteiger charge is 2.38. The van der Waals surface area contributed by atoms with Gasteiger partial charge in [-0.15, -0.1) is 11.8 Å². The number of hydrogen-bond donors (Lipinski definition) is 1. The number of carboxylic acid groups (broad SMARTS) is 1. The van der Waals surface area contributed by atoms with Gasteiger partial charge in [0.2, 0.25) is 0 Å². The van der Waals surface area contributed by atoms with E-state index in [-0.39, 0.29) is 12.0 Å². The van der Waals surface area contributed by atoms with Crippen LogP contribution in [0, 0.1) is 0 Å². The van der Waals surface area contributed by atoms with E-state index < -0.39 is 5.97 Å². The van der Waals surface area contributed by atoms with Crippen molar-refractivity contribution in [1.29, 1.82) is 0 Å². The number of thioether (sulfide) groups is 1. The van der Waals surface area contributed by atoms with Crippen molar-refractivity contribution in [1.82, 2.24) is 9.97 Å². The SMILES string of the molecule is CSc1cc(N(C)C2(CC(=O)O)CCCCC2)ncn1. The molecular weight excluding hydrogens is 274 g/mol. The van der Waals surface area contributed by atoms with Crippen molar-refractivity contribution >= 4 is 23.5 Å². The molecule has 5 nitrogen and oxygen atoms in total. The van der Waals surface area contributed by atoms with Gasteiger partial charge in [0.25, 0.3) is 0 Å². The van der Waals surface area contributed by atoms with Gasteiger partial charge in [0, 0.05) is 13.1 Å². The predicted octanol–water partition coefficient (Wildman–Crippen LogP) is 2.81. The second-order valence-corrected chi connectivity index (χ2v) is 6.16. The standard InChI is InChI=1S/C14H21N3O2S/c1-17(11-8-12(20-2)16-10-15-11)14(9-13(18)19)6-4-3-5-7-14/h8,10H,3-7,9H2,1-2H3,(H,18,19). The molecule has 20 heavy (non-hydrogen) atoms. The molecule has 1 aliphatic rings. The fourth-order valence-corrected chi connectivity index (χ4v) is 3.37. The van der Waals surface area contributed by atoms with Crippen molar-refractivity contribution in [3.8, 4) is 0 Å². The molecule has 6 heteroatoms. The highest BCUT2D eigenvalue weighted by atomic mass is 32.2. The normalized spacial score (nSPS) is 17.7. The number of rotatable bonds is 5. The Morgan fingerprint density at radius 2 is 2.10 bits per heavy atom. The maximum Gasteiger partial charge on any atom is 0.305 e. The molecule has 0 saturated heterocycles. The number of carbonyl (C=O) groups is 1. The van der Waals surface area contributed by atoms with Crippen LogP contribution in [0.15, 0.2) is 17.4 Å². The average Bonchev–Trinajstić information content (AvgIpc) is 2.46. The number of anilines is 1. The maximum absolute atomic E-state index is 11.3. The Morgan fingerprint density at radius 3 is 2.70 bits per heavy atom. The Morgan fingerprint density at radius 1 is 1.40 bits per heavy atom. The van der Waals surface area contributed by atoms with Crippen molar-refractivity contribution in [3.05, 3.63) is 12.4 Å². The smallest absolute Gasteiger partial charge is 0.305 e. The molecule has 1 aliphatic carbocycles. The molecule has 0 aliphatic heterocycles. The predicted molar refractivity (Wildman–Crippen MR) is 80.3 cm³/mol. The fraction of sp³-hybridized carbons (Fsp3) is 0.643. The third-order valence-electron chi connectivity index (χ3n) is 4.16. The maximum atomic E-state index is 11.3. The van der Waals surface area contributed by atoms with Gasteiger partial charge in [-0.25, -0.2) is 9.97 Å². The van der Waals surface area contributed by atoms with E-state index in [1.165, 1.54) is 6.42 Å². The molecule has 0 aromatic carbocycles. The average molecular weight is 295 g/mol. The molecule has 0 unspecified atom stereocenters. The quantitative estimate of drug-likeness (QED) is 0.665. The van der Waals surface area contributed by atoms with E-state index in [1.54, 1.807) is 18.1 Å². The lowest BCUT2D eigenvalue weighted by Crippen LogP contribution is -2.50. The minimum Gasteiger partial charge on any atom is -0.481 e. The Kier molecular flexibility index (Phi) is 4.86. The molecular formula is C14H21N3O2S. The van der Waals surface area contributed by atoms with Crippen LogP contribution in [-0.2, 0) is 4.79 Å². The number of carboxylic acids is 1. The van der Waals surface area contributed by atoms with Crippen molar-refractivity contribution in [2.75, 3.05) is 18.2 Å². The van der Waals surface area contributed by atoms with E-state index in [4.69, 9.17) is 0 Å². The lowest BCUT2D eigenvalue weighted by molar-refractivity contribution is -0.138. The summed E-state index contributed by atoms with van der Waals surface area (Å²) in [5.74, 6) is 0.0744. The van der Waals surface area contributed by atoms with Gasteiger partial charge < -0.3 is 10.0 Å². The molecule has 0 radical (unpaired) electrons. The van der Waals surface area contributed by atoms with Crippen LogP contribution in [0.1, 0.15) is 38.5 Å². The van der Waals surface area contributed by atoms with Crippen molar-refractivity contribution in [2.45, 2.75) is 49.1 Å². The van der Waals surface area contributed by atoms with Crippen LogP contribution in [0.2, 0.25) is 0 Å². The molecule has 0 bridgehead atoms. The first-order chi connectivity index (χ1) is 9.57. The third-order valence-corrected chi connectivity index (χ3v) is 4.80. The highest BCUT2D eigenvalue weighted by molar-refractivity contribution is 7.98. The lowest BCUT2D eigenvalue weighted by Gasteiger charge is -2.44. The Balaban J connectivity index is 2.29. The summed E-state index contributed by atoms with van der Waals surface area (Å²) in [5, 5.41) is 10.2. The minimum absolute atomic E-state index is 0.169. The van der Waals surface area contributed by atoms with E-state index in [1.807, 2.05) is 19.4 Å². The molecule has 1 aromatic heterocycles. The van der Waals surface area contributed by atoms with Gasteiger partial charge in [0.05, 0.1) is 12.0 Å². The Labute approximate surface area is 123 Å². The van der Waals surface area contributed by atoms with Crippen LogP contribution in [0.25, 0.3) is 0 Å².